The molecule has 1 heterocycles. The summed E-state index contributed by atoms with van der Waals surface area (Å²) in [6, 6.07) is 5.58. The van der Waals surface area contributed by atoms with E-state index in [0.717, 1.165) is 10.9 Å². The molecule has 1 amide bonds. The van der Waals surface area contributed by atoms with Crippen LogP contribution in [0.15, 0.2) is 24.4 Å². The highest BCUT2D eigenvalue weighted by Gasteiger charge is 2.07. The van der Waals surface area contributed by atoms with Crippen LogP contribution in [-0.4, -0.2) is 33.9 Å². The van der Waals surface area contributed by atoms with Crippen LogP contribution < -0.4 is 5.32 Å². The van der Waals surface area contributed by atoms with Gasteiger partial charge in [-0.15, -0.1) is 0 Å². The minimum Gasteiger partial charge on any atom is -0.395 e. The molecule has 1 aromatic carbocycles. The lowest BCUT2D eigenvalue weighted by Gasteiger charge is -2.05. The highest BCUT2D eigenvalue weighted by Crippen LogP contribution is 2.22. The maximum Gasteiger partial charge on any atom is 0.221 e. The lowest BCUT2D eigenvalue weighted by Crippen LogP contribution is -2.27. The van der Waals surface area contributed by atoms with E-state index in [-0.39, 0.29) is 19.1 Å². The molecule has 5 nitrogen and oxygen atoms in total. The average Bonchev–Trinajstić information content (AvgIpc) is 2.78. The largest absolute Gasteiger partial charge is 0.395 e. The number of carbonyl (C=O) groups is 1. The van der Waals surface area contributed by atoms with Gasteiger partial charge >= 0.3 is 0 Å². The highest BCUT2D eigenvalue weighted by atomic mass is 35.5. The van der Waals surface area contributed by atoms with Crippen LogP contribution in [0.4, 0.5) is 0 Å². The third kappa shape index (κ3) is 2.80. The molecule has 0 atom stereocenters. The number of carbonyl (C=O) groups excluding carboxylic acids is 1. The Bertz CT molecular complexity index is 553. The van der Waals surface area contributed by atoms with Crippen molar-refractivity contribution in [3.63, 3.8) is 0 Å². The van der Waals surface area contributed by atoms with E-state index in [1.54, 1.807) is 10.9 Å². The summed E-state index contributed by atoms with van der Waals surface area (Å²) in [6.45, 7) is 0.720. The smallest absolute Gasteiger partial charge is 0.221 e. The number of hydrogen-bond donors (Lipinski definition) is 2. The predicted molar refractivity (Wildman–Crippen MR) is 69.5 cm³/mol. The van der Waals surface area contributed by atoms with Crippen LogP contribution in [0.3, 0.4) is 0 Å². The van der Waals surface area contributed by atoms with Crippen molar-refractivity contribution in [2.45, 2.75) is 13.0 Å². The zero-order valence-electron chi connectivity index (χ0n) is 9.77. The number of fused-ring (bicyclic) bond motifs is 1. The number of aliphatic hydroxyl groups is 1. The van der Waals surface area contributed by atoms with Crippen LogP contribution in [0, 0.1) is 0 Å². The first-order valence-corrected chi connectivity index (χ1v) is 6.08. The molecule has 0 aliphatic carbocycles. The molecule has 0 radical (unpaired) electrons. The van der Waals surface area contributed by atoms with Crippen molar-refractivity contribution in [2.75, 3.05) is 13.2 Å². The molecule has 0 bridgehead atoms. The summed E-state index contributed by atoms with van der Waals surface area (Å²) in [5, 5.41) is 16.9. The molecule has 18 heavy (non-hydrogen) atoms. The molecule has 2 N–H and O–H groups in total. The number of halogens is 1. The Morgan fingerprint density at radius 3 is 3.11 bits per heavy atom. The third-order valence-electron chi connectivity index (χ3n) is 2.62. The molecule has 2 rings (SSSR count). The Labute approximate surface area is 109 Å². The molecular weight excluding hydrogens is 254 g/mol. The number of aliphatic hydroxyl groups excluding tert-OH is 1. The number of aromatic nitrogens is 2. The number of amides is 1. The highest BCUT2D eigenvalue weighted by molar-refractivity contribution is 6.35. The molecule has 0 aliphatic heterocycles. The van der Waals surface area contributed by atoms with Crippen molar-refractivity contribution in [1.82, 2.24) is 15.1 Å². The van der Waals surface area contributed by atoms with Gasteiger partial charge in [0.1, 0.15) is 0 Å². The van der Waals surface area contributed by atoms with E-state index >= 15 is 0 Å². The van der Waals surface area contributed by atoms with Crippen LogP contribution in [-0.2, 0) is 11.3 Å². The molecule has 96 valence electrons. The first-order chi connectivity index (χ1) is 8.72. The fraction of sp³-hybridized carbons (Fsp3) is 0.333. The van der Waals surface area contributed by atoms with E-state index in [0.29, 0.717) is 18.0 Å². The zero-order chi connectivity index (χ0) is 13.0. The summed E-state index contributed by atoms with van der Waals surface area (Å²) < 4.78 is 1.75. The Balaban J connectivity index is 2.04. The first-order valence-electron chi connectivity index (χ1n) is 5.70. The van der Waals surface area contributed by atoms with Gasteiger partial charge in [0.15, 0.2) is 0 Å². The quantitative estimate of drug-likeness (QED) is 0.855. The van der Waals surface area contributed by atoms with E-state index in [9.17, 15) is 4.79 Å². The van der Waals surface area contributed by atoms with Gasteiger partial charge in [0, 0.05) is 18.4 Å². The van der Waals surface area contributed by atoms with Crippen molar-refractivity contribution in [2.24, 2.45) is 0 Å². The number of nitrogens with zero attached hydrogens (tertiary/aromatic N) is 2. The lowest BCUT2D eigenvalue weighted by atomic mass is 10.2. The van der Waals surface area contributed by atoms with E-state index in [1.165, 1.54) is 0 Å². The van der Waals surface area contributed by atoms with Crippen molar-refractivity contribution < 1.29 is 9.90 Å². The van der Waals surface area contributed by atoms with Gasteiger partial charge < -0.3 is 10.4 Å². The number of nitrogens with one attached hydrogen (secondary N) is 1. The number of hydrogen-bond acceptors (Lipinski definition) is 3. The molecule has 0 saturated heterocycles. The van der Waals surface area contributed by atoms with E-state index in [4.69, 9.17) is 16.7 Å². The fourth-order valence-electron chi connectivity index (χ4n) is 1.74. The van der Waals surface area contributed by atoms with Gasteiger partial charge in [-0.25, -0.2) is 0 Å². The maximum absolute atomic E-state index is 11.4. The van der Waals surface area contributed by atoms with Gasteiger partial charge in [0.2, 0.25) is 5.91 Å². The van der Waals surface area contributed by atoms with Crippen molar-refractivity contribution in [1.29, 1.82) is 0 Å². The third-order valence-corrected chi connectivity index (χ3v) is 2.95. The molecule has 0 aliphatic rings. The standard InChI is InChI=1S/C12H14ClN3O2/c13-10-2-1-3-11-9(10)8-15-16(11)6-4-12(18)14-5-7-17/h1-3,8,17H,4-7H2,(H,14,18). The zero-order valence-corrected chi connectivity index (χ0v) is 10.5. The number of aryl methyl sites for hydroxylation is 1. The summed E-state index contributed by atoms with van der Waals surface area (Å²) in [7, 11) is 0. The Hall–Kier alpha value is -1.59. The minimum atomic E-state index is -0.102. The van der Waals surface area contributed by atoms with Crippen LogP contribution in [0.2, 0.25) is 5.02 Å². The second kappa shape index (κ2) is 5.84. The Morgan fingerprint density at radius 2 is 2.33 bits per heavy atom. The first kappa shape index (κ1) is 12.9. The summed E-state index contributed by atoms with van der Waals surface area (Å²) in [5.74, 6) is -0.102. The fourth-order valence-corrected chi connectivity index (χ4v) is 1.96. The summed E-state index contributed by atoms with van der Waals surface area (Å²) in [4.78, 5) is 11.4. The van der Waals surface area contributed by atoms with Crippen molar-refractivity contribution in [3.8, 4) is 0 Å². The molecule has 0 saturated carbocycles. The Kier molecular flexibility index (Phi) is 4.17. The van der Waals surface area contributed by atoms with E-state index in [1.807, 2.05) is 18.2 Å². The second-order valence-corrected chi connectivity index (χ2v) is 4.27. The summed E-state index contributed by atoms with van der Waals surface area (Å²) in [6.07, 6.45) is 2.02. The summed E-state index contributed by atoms with van der Waals surface area (Å²) in [5.41, 5.74) is 0.914. The van der Waals surface area contributed by atoms with Gasteiger partial charge in [-0.3, -0.25) is 9.48 Å². The lowest BCUT2D eigenvalue weighted by molar-refractivity contribution is -0.121. The van der Waals surface area contributed by atoms with E-state index < -0.39 is 0 Å². The van der Waals surface area contributed by atoms with Crippen LogP contribution in [0.1, 0.15) is 6.42 Å². The van der Waals surface area contributed by atoms with Gasteiger partial charge in [0.25, 0.3) is 0 Å². The summed E-state index contributed by atoms with van der Waals surface area (Å²) >= 11 is 6.04. The minimum absolute atomic E-state index is 0.0496. The number of rotatable bonds is 5. The van der Waals surface area contributed by atoms with Gasteiger partial charge in [0.05, 0.1) is 29.9 Å². The molecular formula is C12H14ClN3O2. The van der Waals surface area contributed by atoms with E-state index in [2.05, 4.69) is 10.4 Å². The Morgan fingerprint density at radius 1 is 1.50 bits per heavy atom. The predicted octanol–water partition coefficient (Wildman–Crippen LogP) is 1.19. The van der Waals surface area contributed by atoms with Crippen molar-refractivity contribution >= 4 is 28.4 Å². The van der Waals surface area contributed by atoms with Gasteiger partial charge in [-0.1, -0.05) is 17.7 Å². The molecule has 2 aromatic rings. The van der Waals surface area contributed by atoms with Gasteiger partial charge in [-0.05, 0) is 12.1 Å². The average molecular weight is 268 g/mol. The topological polar surface area (TPSA) is 67.2 Å². The van der Waals surface area contributed by atoms with Gasteiger partial charge in [-0.2, -0.15) is 5.10 Å². The molecule has 0 unspecified atom stereocenters. The maximum atomic E-state index is 11.4. The van der Waals surface area contributed by atoms with Crippen LogP contribution in [0.5, 0.6) is 0 Å². The monoisotopic (exact) mass is 267 g/mol. The molecule has 0 spiro atoms. The van der Waals surface area contributed by atoms with Crippen LogP contribution in [0.25, 0.3) is 10.9 Å². The molecule has 0 fully saturated rings. The van der Waals surface area contributed by atoms with Crippen LogP contribution >= 0.6 is 11.6 Å². The second-order valence-electron chi connectivity index (χ2n) is 3.86. The SMILES string of the molecule is O=C(CCn1ncc2c(Cl)cccc21)NCCO. The molecule has 6 heteroatoms. The van der Waals surface area contributed by atoms with Crippen molar-refractivity contribution in [3.05, 3.63) is 29.4 Å². The molecule has 1 aromatic heterocycles. The number of benzene rings is 1. The normalized spacial score (nSPS) is 10.8.